The molecule has 1 aliphatic carbocycles. The van der Waals surface area contributed by atoms with Crippen molar-refractivity contribution in [3.8, 4) is 5.75 Å². The first-order chi connectivity index (χ1) is 9.69. The minimum atomic E-state index is -0.0261. The van der Waals surface area contributed by atoms with E-state index in [2.05, 4.69) is 10.6 Å². The predicted molar refractivity (Wildman–Crippen MR) is 81.5 cm³/mol. The fourth-order valence-corrected chi connectivity index (χ4v) is 2.00. The maximum Gasteiger partial charge on any atom is 0.225 e. The number of ether oxygens (including phenoxy) is 1. The highest BCUT2D eigenvalue weighted by Crippen LogP contribution is 2.28. The molecule has 0 unspecified atom stereocenters. The van der Waals surface area contributed by atoms with Crippen molar-refractivity contribution in [2.75, 3.05) is 18.5 Å². The smallest absolute Gasteiger partial charge is 0.225 e. The van der Waals surface area contributed by atoms with E-state index in [1.165, 1.54) is 12.8 Å². The summed E-state index contributed by atoms with van der Waals surface area (Å²) in [6.07, 6.45) is 3.83. The lowest BCUT2D eigenvalue weighted by Gasteiger charge is -2.12. The summed E-state index contributed by atoms with van der Waals surface area (Å²) in [6, 6.07) is 5.89. The molecule has 110 valence electrons. The van der Waals surface area contributed by atoms with Crippen LogP contribution in [0, 0.1) is 0 Å². The normalized spacial score (nSPS) is 14.1. The number of amides is 1. The van der Waals surface area contributed by atoms with Crippen molar-refractivity contribution in [3.05, 3.63) is 23.2 Å². The first-order valence-electron chi connectivity index (χ1n) is 7.14. The predicted octanol–water partition coefficient (Wildman–Crippen LogP) is 3.21. The summed E-state index contributed by atoms with van der Waals surface area (Å²) in [4.78, 5) is 11.9. The van der Waals surface area contributed by atoms with E-state index < -0.39 is 0 Å². The van der Waals surface area contributed by atoms with E-state index in [9.17, 15) is 4.79 Å². The fourth-order valence-electron chi connectivity index (χ4n) is 1.83. The van der Waals surface area contributed by atoms with Crippen LogP contribution in [0.15, 0.2) is 18.2 Å². The summed E-state index contributed by atoms with van der Waals surface area (Å²) in [5, 5.41) is 6.77. The van der Waals surface area contributed by atoms with Crippen LogP contribution in [0.25, 0.3) is 0 Å². The summed E-state index contributed by atoms with van der Waals surface area (Å²) in [5.41, 5.74) is 0.641. The number of anilines is 1. The van der Waals surface area contributed by atoms with Gasteiger partial charge in [-0.25, -0.2) is 0 Å². The van der Waals surface area contributed by atoms with Gasteiger partial charge in [-0.3, -0.25) is 4.79 Å². The number of halogens is 1. The van der Waals surface area contributed by atoms with Gasteiger partial charge in [-0.2, -0.15) is 0 Å². The number of nitrogens with one attached hydrogen (secondary N) is 2. The van der Waals surface area contributed by atoms with Gasteiger partial charge >= 0.3 is 0 Å². The minimum Gasteiger partial charge on any atom is -0.491 e. The molecule has 2 N–H and O–H groups in total. The third-order valence-corrected chi connectivity index (χ3v) is 3.27. The van der Waals surface area contributed by atoms with Crippen LogP contribution >= 0.6 is 11.6 Å². The van der Waals surface area contributed by atoms with E-state index in [0.29, 0.717) is 42.1 Å². The van der Waals surface area contributed by atoms with Gasteiger partial charge in [0.2, 0.25) is 5.91 Å². The highest BCUT2D eigenvalue weighted by Gasteiger charge is 2.20. The summed E-state index contributed by atoms with van der Waals surface area (Å²) in [5.74, 6) is 0.640. The molecule has 1 fully saturated rings. The number of rotatable bonds is 8. The molecule has 1 aromatic carbocycles. The van der Waals surface area contributed by atoms with Crippen molar-refractivity contribution >= 4 is 23.2 Å². The Hall–Kier alpha value is -1.26. The number of hydrogen-bond acceptors (Lipinski definition) is 3. The fraction of sp³-hybridized carbons (Fsp3) is 0.533. The van der Waals surface area contributed by atoms with Crippen LogP contribution < -0.4 is 15.4 Å². The number of carbonyl (C=O) groups excluding carboxylic acids is 1. The van der Waals surface area contributed by atoms with Gasteiger partial charge in [0.25, 0.3) is 0 Å². The van der Waals surface area contributed by atoms with Gasteiger partial charge in [-0.05, 0) is 37.5 Å². The maximum absolute atomic E-state index is 11.9. The molecular weight excluding hydrogens is 276 g/mol. The average Bonchev–Trinajstić information content (AvgIpc) is 3.22. The van der Waals surface area contributed by atoms with Crippen molar-refractivity contribution in [3.63, 3.8) is 0 Å². The number of carbonyl (C=O) groups is 1. The van der Waals surface area contributed by atoms with Gasteiger partial charge < -0.3 is 15.4 Å². The monoisotopic (exact) mass is 296 g/mol. The zero-order valence-corrected chi connectivity index (χ0v) is 12.5. The highest BCUT2D eigenvalue weighted by molar-refractivity contribution is 6.31. The van der Waals surface area contributed by atoms with E-state index in [0.717, 1.165) is 6.42 Å². The second-order valence-corrected chi connectivity index (χ2v) is 5.45. The average molecular weight is 297 g/mol. The van der Waals surface area contributed by atoms with Crippen LogP contribution in [0.5, 0.6) is 5.75 Å². The SMILES string of the molecule is CCCOc1ccc(Cl)cc1NC(=O)CCNC1CC1. The molecule has 0 bridgehead atoms. The van der Waals surface area contributed by atoms with Crippen LogP contribution in [-0.4, -0.2) is 25.1 Å². The largest absolute Gasteiger partial charge is 0.491 e. The third kappa shape index (κ3) is 5.02. The second-order valence-electron chi connectivity index (χ2n) is 5.02. The van der Waals surface area contributed by atoms with Gasteiger partial charge in [0.15, 0.2) is 0 Å². The van der Waals surface area contributed by atoms with Gasteiger partial charge in [-0.15, -0.1) is 0 Å². The van der Waals surface area contributed by atoms with E-state index >= 15 is 0 Å². The molecule has 0 heterocycles. The summed E-state index contributed by atoms with van der Waals surface area (Å²) >= 11 is 5.97. The Morgan fingerprint density at radius 2 is 2.25 bits per heavy atom. The van der Waals surface area contributed by atoms with Crippen molar-refractivity contribution in [2.24, 2.45) is 0 Å². The van der Waals surface area contributed by atoms with Crippen molar-refractivity contribution < 1.29 is 9.53 Å². The lowest BCUT2D eigenvalue weighted by atomic mass is 10.2. The Bertz CT molecular complexity index is 461. The van der Waals surface area contributed by atoms with Gasteiger partial charge in [-0.1, -0.05) is 18.5 Å². The number of hydrogen-bond donors (Lipinski definition) is 2. The van der Waals surface area contributed by atoms with Gasteiger partial charge in [0, 0.05) is 24.0 Å². The molecule has 0 atom stereocenters. The second kappa shape index (κ2) is 7.50. The first-order valence-corrected chi connectivity index (χ1v) is 7.52. The Morgan fingerprint density at radius 1 is 1.45 bits per heavy atom. The zero-order valence-electron chi connectivity index (χ0n) is 11.7. The molecule has 5 heteroatoms. The Labute approximate surface area is 124 Å². The van der Waals surface area contributed by atoms with Crippen molar-refractivity contribution in [1.82, 2.24) is 5.32 Å². The molecule has 20 heavy (non-hydrogen) atoms. The molecule has 1 aliphatic rings. The third-order valence-electron chi connectivity index (χ3n) is 3.04. The number of benzene rings is 1. The van der Waals surface area contributed by atoms with E-state index in [1.807, 2.05) is 6.92 Å². The maximum atomic E-state index is 11.9. The van der Waals surface area contributed by atoms with Crippen LogP contribution in [0.2, 0.25) is 5.02 Å². The van der Waals surface area contributed by atoms with Gasteiger partial charge in [0.05, 0.1) is 12.3 Å². The Balaban J connectivity index is 1.87. The molecule has 0 saturated heterocycles. The lowest BCUT2D eigenvalue weighted by molar-refractivity contribution is -0.116. The van der Waals surface area contributed by atoms with E-state index in [1.54, 1.807) is 18.2 Å². The molecule has 1 amide bonds. The minimum absolute atomic E-state index is 0.0261. The topological polar surface area (TPSA) is 50.4 Å². The Kier molecular flexibility index (Phi) is 5.68. The quantitative estimate of drug-likeness (QED) is 0.774. The molecular formula is C15H21ClN2O2. The van der Waals surface area contributed by atoms with E-state index in [-0.39, 0.29) is 5.91 Å². The molecule has 4 nitrogen and oxygen atoms in total. The van der Waals surface area contributed by atoms with Crippen LogP contribution in [-0.2, 0) is 4.79 Å². The van der Waals surface area contributed by atoms with Crippen molar-refractivity contribution in [2.45, 2.75) is 38.6 Å². The molecule has 0 aliphatic heterocycles. The van der Waals surface area contributed by atoms with Gasteiger partial charge in [0.1, 0.15) is 5.75 Å². The molecule has 2 rings (SSSR count). The summed E-state index contributed by atoms with van der Waals surface area (Å²) in [6.45, 7) is 3.37. The molecule has 0 spiro atoms. The van der Waals surface area contributed by atoms with Crippen LogP contribution in [0.3, 0.4) is 0 Å². The van der Waals surface area contributed by atoms with Crippen molar-refractivity contribution in [1.29, 1.82) is 0 Å². The molecule has 1 saturated carbocycles. The zero-order chi connectivity index (χ0) is 14.4. The van der Waals surface area contributed by atoms with Crippen LogP contribution in [0.1, 0.15) is 32.6 Å². The first kappa shape index (κ1) is 15.1. The van der Waals surface area contributed by atoms with E-state index in [4.69, 9.17) is 16.3 Å². The summed E-state index contributed by atoms with van der Waals surface area (Å²) < 4.78 is 5.61. The van der Waals surface area contributed by atoms with Crippen LogP contribution in [0.4, 0.5) is 5.69 Å². The molecule has 1 aromatic rings. The molecule has 0 aromatic heterocycles. The molecule has 0 radical (unpaired) electrons. The summed E-state index contributed by atoms with van der Waals surface area (Å²) in [7, 11) is 0. The standard InChI is InChI=1S/C15H21ClN2O2/c1-2-9-20-14-6-3-11(16)10-13(14)18-15(19)7-8-17-12-4-5-12/h3,6,10,12,17H,2,4-5,7-9H2,1H3,(H,18,19). The highest BCUT2D eigenvalue weighted by atomic mass is 35.5. The Morgan fingerprint density at radius 3 is 2.95 bits per heavy atom. The lowest BCUT2D eigenvalue weighted by Crippen LogP contribution is -2.23.